The van der Waals surface area contributed by atoms with Crippen LogP contribution in [0, 0.1) is 6.92 Å². The Morgan fingerprint density at radius 3 is 2.46 bits per heavy atom. The minimum atomic E-state index is -2.73. The Bertz CT molecular complexity index is 1030. The Labute approximate surface area is 160 Å². The fourth-order valence-electron chi connectivity index (χ4n) is 3.25. The maximum Gasteiger partial charge on any atom is 0.266 e. The molecule has 0 aliphatic carbocycles. The third-order valence-electron chi connectivity index (χ3n) is 4.73. The maximum absolute atomic E-state index is 13.8. The fraction of sp³-hybridized carbons (Fsp3) is 0.647. The topological polar surface area (TPSA) is 90.4 Å². The van der Waals surface area contributed by atoms with E-state index < -0.39 is 5.92 Å². The molecule has 1 aliphatic heterocycles. The van der Waals surface area contributed by atoms with E-state index in [0.717, 1.165) is 0 Å². The van der Waals surface area contributed by atoms with Gasteiger partial charge in [-0.3, -0.25) is 4.68 Å². The van der Waals surface area contributed by atoms with E-state index in [9.17, 15) is 8.78 Å². The quantitative estimate of drug-likeness (QED) is 0.673. The van der Waals surface area contributed by atoms with Crippen LogP contribution in [0.3, 0.4) is 0 Å². The molecule has 11 heteroatoms. The number of rotatable bonds is 3. The summed E-state index contributed by atoms with van der Waals surface area (Å²) in [6, 6.07) is 0. The standard InChI is InChI=1S/C17H23F2N9/c1-10-20-11(26(5)24-10)8-28-14-12(23-25-28)13(21-15(22-14)16(2,3)4)27-7-6-17(18,19)9-27/h6-9H2,1-5H3. The Kier molecular flexibility index (Phi) is 4.09. The van der Waals surface area contributed by atoms with Crippen molar-refractivity contribution in [1.82, 2.24) is 39.7 Å². The highest BCUT2D eigenvalue weighted by atomic mass is 19.3. The number of halogens is 2. The van der Waals surface area contributed by atoms with E-state index in [-0.39, 0.29) is 24.9 Å². The number of hydrogen-bond donors (Lipinski definition) is 0. The van der Waals surface area contributed by atoms with Crippen molar-refractivity contribution in [3.63, 3.8) is 0 Å². The molecule has 0 amide bonds. The molecule has 0 unspecified atom stereocenters. The van der Waals surface area contributed by atoms with Crippen LogP contribution >= 0.6 is 0 Å². The van der Waals surface area contributed by atoms with Crippen LogP contribution in [0.2, 0.25) is 0 Å². The SMILES string of the molecule is Cc1nc(Cn2nnc3c(N4CCC(F)(F)C4)nc(C(C)(C)C)nc32)n(C)n1. The zero-order chi connectivity index (χ0) is 20.3. The minimum absolute atomic E-state index is 0.199. The van der Waals surface area contributed by atoms with Gasteiger partial charge in [0, 0.05) is 25.4 Å². The van der Waals surface area contributed by atoms with Crippen molar-refractivity contribution in [3.8, 4) is 0 Å². The van der Waals surface area contributed by atoms with E-state index >= 15 is 0 Å². The number of fused-ring (bicyclic) bond motifs is 1. The summed E-state index contributed by atoms with van der Waals surface area (Å²) in [5.41, 5.74) is 0.567. The summed E-state index contributed by atoms with van der Waals surface area (Å²) in [5.74, 6) is -0.400. The minimum Gasteiger partial charge on any atom is -0.348 e. The zero-order valence-corrected chi connectivity index (χ0v) is 16.6. The van der Waals surface area contributed by atoms with Crippen LogP contribution in [0.15, 0.2) is 0 Å². The molecule has 1 aliphatic rings. The summed E-state index contributed by atoms with van der Waals surface area (Å²) in [5, 5.41) is 12.7. The molecule has 1 saturated heterocycles. The van der Waals surface area contributed by atoms with Gasteiger partial charge >= 0.3 is 0 Å². The average molecular weight is 391 g/mol. The van der Waals surface area contributed by atoms with Crippen LogP contribution in [-0.4, -0.2) is 58.7 Å². The van der Waals surface area contributed by atoms with Crippen LogP contribution < -0.4 is 4.90 Å². The van der Waals surface area contributed by atoms with Gasteiger partial charge in [0.25, 0.3) is 5.92 Å². The van der Waals surface area contributed by atoms with Crippen molar-refractivity contribution >= 4 is 17.0 Å². The summed E-state index contributed by atoms with van der Waals surface area (Å²) >= 11 is 0. The lowest BCUT2D eigenvalue weighted by molar-refractivity contribution is 0.0257. The lowest BCUT2D eigenvalue weighted by atomic mass is 9.96. The van der Waals surface area contributed by atoms with E-state index in [4.69, 9.17) is 0 Å². The molecule has 9 nitrogen and oxygen atoms in total. The zero-order valence-electron chi connectivity index (χ0n) is 16.6. The highest BCUT2D eigenvalue weighted by Gasteiger charge is 2.40. The molecule has 0 bridgehead atoms. The van der Waals surface area contributed by atoms with Gasteiger partial charge in [-0.05, 0) is 6.92 Å². The Balaban J connectivity index is 1.83. The fourth-order valence-corrected chi connectivity index (χ4v) is 3.25. The summed E-state index contributed by atoms with van der Waals surface area (Å²) in [6.45, 7) is 7.93. The van der Waals surface area contributed by atoms with Gasteiger partial charge in [0.15, 0.2) is 17.0 Å². The third kappa shape index (κ3) is 3.29. The first-order valence-corrected chi connectivity index (χ1v) is 9.14. The van der Waals surface area contributed by atoms with Crippen LogP contribution in [0.1, 0.15) is 44.7 Å². The molecule has 28 heavy (non-hydrogen) atoms. The van der Waals surface area contributed by atoms with Crippen molar-refractivity contribution in [2.24, 2.45) is 7.05 Å². The first kappa shape index (κ1) is 18.6. The monoisotopic (exact) mass is 391 g/mol. The molecule has 0 spiro atoms. The van der Waals surface area contributed by atoms with Crippen molar-refractivity contribution < 1.29 is 8.78 Å². The number of aryl methyl sites for hydroxylation is 2. The smallest absolute Gasteiger partial charge is 0.266 e. The predicted molar refractivity (Wildman–Crippen MR) is 98.4 cm³/mol. The summed E-state index contributed by atoms with van der Waals surface area (Å²) < 4.78 is 30.9. The number of anilines is 1. The summed E-state index contributed by atoms with van der Waals surface area (Å²) in [6.07, 6.45) is -0.199. The van der Waals surface area contributed by atoms with Crippen LogP contribution in [0.5, 0.6) is 0 Å². The van der Waals surface area contributed by atoms with Crippen molar-refractivity contribution in [3.05, 3.63) is 17.5 Å². The highest BCUT2D eigenvalue weighted by molar-refractivity contribution is 5.83. The van der Waals surface area contributed by atoms with Gasteiger partial charge in [-0.1, -0.05) is 26.0 Å². The Morgan fingerprint density at radius 1 is 1.14 bits per heavy atom. The molecule has 0 atom stereocenters. The molecular formula is C17H23F2N9. The van der Waals surface area contributed by atoms with Crippen LogP contribution in [0.4, 0.5) is 14.6 Å². The molecule has 0 aromatic carbocycles. The molecule has 3 aromatic heterocycles. The summed E-state index contributed by atoms with van der Waals surface area (Å²) in [4.78, 5) is 15.2. The molecule has 3 aromatic rings. The second-order valence-electron chi connectivity index (χ2n) is 8.27. The van der Waals surface area contributed by atoms with Gasteiger partial charge in [0.2, 0.25) is 0 Å². The van der Waals surface area contributed by atoms with Crippen molar-refractivity contribution in [2.45, 2.75) is 52.0 Å². The molecule has 4 rings (SSSR count). The molecular weight excluding hydrogens is 368 g/mol. The van der Waals surface area contributed by atoms with E-state index in [2.05, 4.69) is 30.4 Å². The first-order valence-electron chi connectivity index (χ1n) is 9.14. The molecule has 1 fully saturated rings. The molecule has 0 N–H and O–H groups in total. The second kappa shape index (κ2) is 6.14. The lowest BCUT2D eigenvalue weighted by Crippen LogP contribution is -2.27. The van der Waals surface area contributed by atoms with Crippen LogP contribution in [-0.2, 0) is 19.0 Å². The van der Waals surface area contributed by atoms with Crippen LogP contribution in [0.25, 0.3) is 11.2 Å². The Morgan fingerprint density at radius 2 is 1.89 bits per heavy atom. The normalized spacial score (nSPS) is 17.0. The summed E-state index contributed by atoms with van der Waals surface area (Å²) in [7, 11) is 1.81. The first-order chi connectivity index (χ1) is 13.0. The number of aromatic nitrogens is 8. The van der Waals surface area contributed by atoms with E-state index in [0.29, 0.717) is 41.0 Å². The largest absolute Gasteiger partial charge is 0.348 e. The molecule has 4 heterocycles. The van der Waals surface area contributed by atoms with Gasteiger partial charge in [-0.15, -0.1) is 5.10 Å². The van der Waals surface area contributed by atoms with E-state index in [1.54, 1.807) is 14.3 Å². The van der Waals surface area contributed by atoms with Gasteiger partial charge in [0.05, 0.1) is 6.54 Å². The van der Waals surface area contributed by atoms with E-state index in [1.165, 1.54) is 0 Å². The number of nitrogens with zero attached hydrogens (tertiary/aromatic N) is 9. The maximum atomic E-state index is 13.8. The molecule has 0 radical (unpaired) electrons. The number of alkyl halides is 2. The molecule has 0 saturated carbocycles. The highest BCUT2D eigenvalue weighted by Crippen LogP contribution is 2.34. The predicted octanol–water partition coefficient (Wildman–Crippen LogP) is 1.85. The van der Waals surface area contributed by atoms with Crippen molar-refractivity contribution in [1.29, 1.82) is 0 Å². The average Bonchev–Trinajstić information content (AvgIpc) is 3.24. The number of hydrogen-bond acceptors (Lipinski definition) is 7. The van der Waals surface area contributed by atoms with Crippen molar-refractivity contribution in [2.75, 3.05) is 18.0 Å². The van der Waals surface area contributed by atoms with Gasteiger partial charge in [-0.25, -0.2) is 28.4 Å². The van der Waals surface area contributed by atoms with Gasteiger partial charge in [-0.2, -0.15) is 5.10 Å². The second-order valence-corrected chi connectivity index (χ2v) is 8.27. The molecule has 150 valence electrons. The Hall–Kier alpha value is -2.72. The van der Waals surface area contributed by atoms with Gasteiger partial charge < -0.3 is 4.90 Å². The third-order valence-corrected chi connectivity index (χ3v) is 4.73. The van der Waals surface area contributed by atoms with Gasteiger partial charge in [0.1, 0.15) is 24.0 Å². The lowest BCUT2D eigenvalue weighted by Gasteiger charge is -2.22. The van der Waals surface area contributed by atoms with E-state index in [1.807, 2.05) is 34.7 Å².